The van der Waals surface area contributed by atoms with Crippen molar-refractivity contribution >= 4 is 0 Å². The number of hydrogen-bond donors (Lipinski definition) is 2. The van der Waals surface area contributed by atoms with Crippen molar-refractivity contribution in [3.63, 3.8) is 0 Å². The minimum absolute atomic E-state index is 0.411. The van der Waals surface area contributed by atoms with Gasteiger partial charge in [-0.3, -0.25) is 5.10 Å². The second-order valence-corrected chi connectivity index (χ2v) is 4.79. The highest BCUT2D eigenvalue weighted by atomic mass is 15.1. The van der Waals surface area contributed by atoms with E-state index >= 15 is 0 Å². The molecular formula is C12H21N3. The lowest BCUT2D eigenvalue weighted by Gasteiger charge is -2.32. The highest BCUT2D eigenvalue weighted by molar-refractivity contribution is 5.08. The third-order valence-corrected chi connectivity index (χ3v) is 3.59. The Hall–Kier alpha value is -0.830. The fraction of sp³-hybridized carbons (Fsp3) is 0.750. The Morgan fingerprint density at radius 3 is 2.93 bits per heavy atom. The van der Waals surface area contributed by atoms with Crippen molar-refractivity contribution in [1.29, 1.82) is 0 Å². The fourth-order valence-electron chi connectivity index (χ4n) is 2.48. The van der Waals surface area contributed by atoms with Crippen molar-refractivity contribution in [2.45, 2.75) is 51.6 Å². The van der Waals surface area contributed by atoms with E-state index in [0.29, 0.717) is 12.1 Å². The van der Waals surface area contributed by atoms with Gasteiger partial charge in [-0.2, -0.15) is 5.10 Å². The molecule has 15 heavy (non-hydrogen) atoms. The number of rotatable bonds is 3. The summed E-state index contributed by atoms with van der Waals surface area (Å²) >= 11 is 0. The molecule has 1 heterocycles. The van der Waals surface area contributed by atoms with E-state index in [1.165, 1.54) is 31.2 Å². The van der Waals surface area contributed by atoms with Crippen LogP contribution in [-0.2, 0) is 0 Å². The Morgan fingerprint density at radius 1 is 1.47 bits per heavy atom. The molecule has 0 bridgehead atoms. The molecule has 0 amide bonds. The SMILES string of the molecule is CC(NC1CCCCC1C)c1cn[nH]c1. The Kier molecular flexibility index (Phi) is 3.41. The first kappa shape index (κ1) is 10.7. The molecule has 1 aliphatic rings. The summed E-state index contributed by atoms with van der Waals surface area (Å²) in [6.45, 7) is 4.57. The zero-order valence-corrected chi connectivity index (χ0v) is 9.66. The van der Waals surface area contributed by atoms with Crippen LogP contribution in [0, 0.1) is 5.92 Å². The van der Waals surface area contributed by atoms with Crippen LogP contribution < -0.4 is 5.32 Å². The Morgan fingerprint density at radius 2 is 2.27 bits per heavy atom. The van der Waals surface area contributed by atoms with Crippen LogP contribution in [0.15, 0.2) is 12.4 Å². The van der Waals surface area contributed by atoms with Gasteiger partial charge in [-0.25, -0.2) is 0 Å². The van der Waals surface area contributed by atoms with Crippen molar-refractivity contribution < 1.29 is 0 Å². The normalized spacial score (nSPS) is 28.9. The molecule has 3 unspecified atom stereocenters. The Balaban J connectivity index is 1.90. The Labute approximate surface area is 91.7 Å². The maximum atomic E-state index is 3.99. The molecule has 2 N–H and O–H groups in total. The van der Waals surface area contributed by atoms with Crippen molar-refractivity contribution in [1.82, 2.24) is 15.5 Å². The van der Waals surface area contributed by atoms with Gasteiger partial charge in [0.25, 0.3) is 0 Å². The van der Waals surface area contributed by atoms with E-state index in [0.717, 1.165) is 5.92 Å². The zero-order valence-electron chi connectivity index (χ0n) is 9.66. The summed E-state index contributed by atoms with van der Waals surface area (Å²) in [6, 6.07) is 1.10. The monoisotopic (exact) mass is 207 g/mol. The van der Waals surface area contributed by atoms with Crippen molar-refractivity contribution in [2.75, 3.05) is 0 Å². The zero-order chi connectivity index (χ0) is 10.7. The van der Waals surface area contributed by atoms with Crippen LogP contribution in [0.25, 0.3) is 0 Å². The molecule has 3 heteroatoms. The van der Waals surface area contributed by atoms with Crippen LogP contribution in [0.1, 0.15) is 51.1 Å². The Bertz CT molecular complexity index is 281. The molecule has 0 radical (unpaired) electrons. The summed E-state index contributed by atoms with van der Waals surface area (Å²) in [5.74, 6) is 0.813. The quantitative estimate of drug-likeness (QED) is 0.800. The second kappa shape index (κ2) is 4.79. The van der Waals surface area contributed by atoms with Gasteiger partial charge in [0.2, 0.25) is 0 Å². The maximum Gasteiger partial charge on any atom is 0.0534 e. The van der Waals surface area contributed by atoms with E-state index < -0.39 is 0 Å². The summed E-state index contributed by atoms with van der Waals surface area (Å²) in [5, 5.41) is 10.6. The summed E-state index contributed by atoms with van der Waals surface area (Å²) in [7, 11) is 0. The molecule has 84 valence electrons. The van der Waals surface area contributed by atoms with E-state index in [9.17, 15) is 0 Å². The number of H-pyrrole nitrogens is 1. The van der Waals surface area contributed by atoms with Gasteiger partial charge in [-0.05, 0) is 25.7 Å². The van der Waals surface area contributed by atoms with Crippen LogP contribution in [-0.4, -0.2) is 16.2 Å². The molecule has 0 aromatic carbocycles. The van der Waals surface area contributed by atoms with Crippen molar-refractivity contribution in [3.05, 3.63) is 18.0 Å². The molecule has 0 aliphatic heterocycles. The second-order valence-electron chi connectivity index (χ2n) is 4.79. The highest BCUT2D eigenvalue weighted by Gasteiger charge is 2.22. The molecule has 2 rings (SSSR count). The summed E-state index contributed by atoms with van der Waals surface area (Å²) in [6.07, 6.45) is 9.36. The molecule has 1 fully saturated rings. The molecule has 1 saturated carbocycles. The first-order chi connectivity index (χ1) is 7.27. The van der Waals surface area contributed by atoms with Crippen molar-refractivity contribution in [2.24, 2.45) is 5.92 Å². The number of aromatic amines is 1. The largest absolute Gasteiger partial charge is 0.307 e. The van der Waals surface area contributed by atoms with E-state index in [4.69, 9.17) is 0 Å². The smallest absolute Gasteiger partial charge is 0.0534 e. The number of nitrogens with zero attached hydrogens (tertiary/aromatic N) is 1. The first-order valence-electron chi connectivity index (χ1n) is 6.02. The molecule has 0 saturated heterocycles. The molecule has 3 atom stereocenters. The van der Waals surface area contributed by atoms with Gasteiger partial charge in [0.05, 0.1) is 6.20 Å². The van der Waals surface area contributed by atoms with Crippen LogP contribution in [0.3, 0.4) is 0 Å². The standard InChI is InChI=1S/C12H21N3/c1-9-5-3-4-6-12(9)15-10(2)11-7-13-14-8-11/h7-10,12,15H,3-6H2,1-2H3,(H,13,14). The average molecular weight is 207 g/mol. The summed E-state index contributed by atoms with van der Waals surface area (Å²) < 4.78 is 0. The predicted octanol–water partition coefficient (Wildman–Crippen LogP) is 2.64. The third kappa shape index (κ3) is 2.59. The highest BCUT2D eigenvalue weighted by Crippen LogP contribution is 2.25. The first-order valence-corrected chi connectivity index (χ1v) is 6.02. The minimum atomic E-state index is 0.411. The summed E-state index contributed by atoms with van der Waals surface area (Å²) in [4.78, 5) is 0. The van der Waals surface area contributed by atoms with Gasteiger partial charge >= 0.3 is 0 Å². The number of nitrogens with one attached hydrogen (secondary N) is 2. The molecular weight excluding hydrogens is 186 g/mol. The lowest BCUT2D eigenvalue weighted by Crippen LogP contribution is -2.38. The van der Waals surface area contributed by atoms with E-state index in [2.05, 4.69) is 29.4 Å². The van der Waals surface area contributed by atoms with Gasteiger partial charge in [-0.15, -0.1) is 0 Å². The molecule has 0 spiro atoms. The van der Waals surface area contributed by atoms with Crippen LogP contribution >= 0.6 is 0 Å². The van der Waals surface area contributed by atoms with E-state index in [1.54, 1.807) is 0 Å². The van der Waals surface area contributed by atoms with Crippen LogP contribution in [0.2, 0.25) is 0 Å². The fourth-order valence-corrected chi connectivity index (χ4v) is 2.48. The minimum Gasteiger partial charge on any atom is -0.307 e. The lowest BCUT2D eigenvalue weighted by atomic mass is 9.85. The van der Waals surface area contributed by atoms with Crippen LogP contribution in [0.4, 0.5) is 0 Å². The van der Waals surface area contributed by atoms with Gasteiger partial charge in [0.15, 0.2) is 0 Å². The van der Waals surface area contributed by atoms with Crippen LogP contribution in [0.5, 0.6) is 0 Å². The van der Waals surface area contributed by atoms with Gasteiger partial charge in [-0.1, -0.05) is 19.8 Å². The van der Waals surface area contributed by atoms with Gasteiger partial charge in [0.1, 0.15) is 0 Å². The van der Waals surface area contributed by atoms with Gasteiger partial charge in [0, 0.05) is 23.8 Å². The van der Waals surface area contributed by atoms with E-state index in [1.807, 2.05) is 12.4 Å². The molecule has 3 nitrogen and oxygen atoms in total. The topological polar surface area (TPSA) is 40.7 Å². The predicted molar refractivity (Wildman–Crippen MR) is 61.6 cm³/mol. The number of hydrogen-bond acceptors (Lipinski definition) is 2. The summed E-state index contributed by atoms with van der Waals surface area (Å²) in [5.41, 5.74) is 1.26. The van der Waals surface area contributed by atoms with Crippen molar-refractivity contribution in [3.8, 4) is 0 Å². The van der Waals surface area contributed by atoms with Gasteiger partial charge < -0.3 is 5.32 Å². The van der Waals surface area contributed by atoms with E-state index in [-0.39, 0.29) is 0 Å². The lowest BCUT2D eigenvalue weighted by molar-refractivity contribution is 0.263. The molecule has 1 aromatic rings. The molecule has 1 aliphatic carbocycles. The third-order valence-electron chi connectivity index (χ3n) is 3.59. The number of aromatic nitrogens is 2. The average Bonchev–Trinajstić information content (AvgIpc) is 2.74. The molecule has 1 aromatic heterocycles. The maximum absolute atomic E-state index is 3.99.